The third kappa shape index (κ3) is 3.17. The summed E-state index contributed by atoms with van der Waals surface area (Å²) in [4.78, 5) is 4.33. The van der Waals surface area contributed by atoms with E-state index in [4.69, 9.17) is 0 Å². The maximum atomic E-state index is 4.33. The summed E-state index contributed by atoms with van der Waals surface area (Å²) in [6.45, 7) is 4.73. The Morgan fingerprint density at radius 3 is 2.88 bits per heavy atom. The first kappa shape index (κ1) is 12.3. The topological polar surface area (TPSA) is 29.9 Å². The van der Waals surface area contributed by atoms with Crippen LogP contribution in [0.1, 0.15) is 18.3 Å². The molecule has 0 saturated carbocycles. The Hall–Kier alpha value is -1.13. The van der Waals surface area contributed by atoms with E-state index >= 15 is 0 Å². The number of hydrogen-bond donors (Lipinski definition) is 1. The van der Waals surface area contributed by atoms with E-state index in [1.54, 1.807) is 0 Å². The number of benzene rings is 1. The standard InChI is InChI=1S/C13H16BrN3/c1-2-17-8-7-16-13(17)10-15-9-11-5-3-4-6-12(11)14/h3-8,15H,2,9-10H2,1H3. The van der Waals surface area contributed by atoms with E-state index in [-0.39, 0.29) is 0 Å². The van der Waals surface area contributed by atoms with Crippen molar-refractivity contribution in [2.24, 2.45) is 0 Å². The lowest BCUT2D eigenvalue weighted by Crippen LogP contribution is -2.16. The van der Waals surface area contributed by atoms with Crippen molar-refractivity contribution in [3.63, 3.8) is 0 Å². The van der Waals surface area contributed by atoms with Gasteiger partial charge in [0.15, 0.2) is 0 Å². The number of halogens is 1. The molecule has 0 spiro atoms. The van der Waals surface area contributed by atoms with Crippen LogP contribution in [0, 0.1) is 0 Å². The molecule has 0 amide bonds. The predicted molar refractivity (Wildman–Crippen MR) is 72.6 cm³/mol. The Morgan fingerprint density at radius 1 is 1.29 bits per heavy atom. The van der Waals surface area contributed by atoms with Gasteiger partial charge in [0.1, 0.15) is 5.82 Å². The number of rotatable bonds is 5. The fourth-order valence-electron chi connectivity index (χ4n) is 1.75. The second-order valence-electron chi connectivity index (χ2n) is 3.82. The summed E-state index contributed by atoms with van der Waals surface area (Å²) in [6, 6.07) is 8.25. The fourth-order valence-corrected chi connectivity index (χ4v) is 2.17. The molecule has 1 heterocycles. The van der Waals surface area contributed by atoms with Gasteiger partial charge in [0.25, 0.3) is 0 Å². The van der Waals surface area contributed by atoms with Crippen molar-refractivity contribution in [1.82, 2.24) is 14.9 Å². The first-order chi connectivity index (χ1) is 8.31. The maximum Gasteiger partial charge on any atom is 0.122 e. The van der Waals surface area contributed by atoms with Crippen molar-refractivity contribution < 1.29 is 0 Å². The van der Waals surface area contributed by atoms with Crippen LogP contribution in [0.3, 0.4) is 0 Å². The van der Waals surface area contributed by atoms with Crippen molar-refractivity contribution >= 4 is 15.9 Å². The Labute approximate surface area is 110 Å². The molecule has 17 heavy (non-hydrogen) atoms. The van der Waals surface area contributed by atoms with Crippen molar-refractivity contribution in [2.75, 3.05) is 0 Å². The molecule has 90 valence electrons. The van der Waals surface area contributed by atoms with E-state index < -0.39 is 0 Å². The minimum Gasteiger partial charge on any atom is -0.334 e. The highest BCUT2D eigenvalue weighted by Crippen LogP contribution is 2.15. The zero-order chi connectivity index (χ0) is 12.1. The summed E-state index contributed by atoms with van der Waals surface area (Å²) >= 11 is 3.54. The molecule has 0 aliphatic carbocycles. The monoisotopic (exact) mass is 293 g/mol. The molecule has 0 radical (unpaired) electrons. The molecule has 1 N–H and O–H groups in total. The average molecular weight is 294 g/mol. The highest BCUT2D eigenvalue weighted by molar-refractivity contribution is 9.10. The normalized spacial score (nSPS) is 10.7. The molecule has 0 aliphatic rings. The van der Waals surface area contributed by atoms with Crippen LogP contribution in [-0.4, -0.2) is 9.55 Å². The first-order valence-corrected chi connectivity index (χ1v) is 6.54. The number of nitrogens with zero attached hydrogens (tertiary/aromatic N) is 2. The van der Waals surface area contributed by atoms with Crippen LogP contribution in [0.4, 0.5) is 0 Å². The number of aryl methyl sites for hydroxylation is 1. The molecule has 1 aromatic carbocycles. The molecule has 0 fully saturated rings. The van der Waals surface area contributed by atoms with Gasteiger partial charge in [-0.3, -0.25) is 0 Å². The van der Waals surface area contributed by atoms with Gasteiger partial charge in [0, 0.05) is 30.0 Å². The lowest BCUT2D eigenvalue weighted by molar-refractivity contribution is 0.612. The number of hydrogen-bond acceptors (Lipinski definition) is 2. The van der Waals surface area contributed by atoms with Gasteiger partial charge >= 0.3 is 0 Å². The summed E-state index contributed by atoms with van der Waals surface area (Å²) in [5.41, 5.74) is 1.27. The van der Waals surface area contributed by atoms with Crippen LogP contribution < -0.4 is 5.32 Å². The summed E-state index contributed by atoms with van der Waals surface area (Å²) in [5, 5.41) is 3.41. The number of aromatic nitrogens is 2. The van der Waals surface area contributed by atoms with E-state index in [0.29, 0.717) is 0 Å². The van der Waals surface area contributed by atoms with Gasteiger partial charge in [-0.15, -0.1) is 0 Å². The van der Waals surface area contributed by atoms with E-state index in [1.165, 1.54) is 5.56 Å². The highest BCUT2D eigenvalue weighted by Gasteiger charge is 2.01. The molecular weight excluding hydrogens is 278 g/mol. The quantitative estimate of drug-likeness (QED) is 0.919. The lowest BCUT2D eigenvalue weighted by atomic mass is 10.2. The van der Waals surface area contributed by atoms with E-state index in [0.717, 1.165) is 29.9 Å². The van der Waals surface area contributed by atoms with Crippen molar-refractivity contribution in [3.05, 3.63) is 52.5 Å². The van der Waals surface area contributed by atoms with Gasteiger partial charge in [-0.25, -0.2) is 4.98 Å². The van der Waals surface area contributed by atoms with Crippen LogP contribution >= 0.6 is 15.9 Å². The maximum absolute atomic E-state index is 4.33. The summed E-state index contributed by atoms with van der Waals surface area (Å²) in [5.74, 6) is 1.08. The van der Waals surface area contributed by atoms with Gasteiger partial charge in [0.2, 0.25) is 0 Å². The number of imidazole rings is 1. The van der Waals surface area contributed by atoms with Crippen LogP contribution in [0.2, 0.25) is 0 Å². The van der Waals surface area contributed by atoms with E-state index in [2.05, 4.69) is 55.9 Å². The second kappa shape index (κ2) is 5.98. The summed E-state index contributed by atoms with van der Waals surface area (Å²) in [7, 11) is 0. The lowest BCUT2D eigenvalue weighted by Gasteiger charge is -2.08. The third-order valence-corrected chi connectivity index (χ3v) is 3.47. The minimum atomic E-state index is 0.794. The van der Waals surface area contributed by atoms with Crippen LogP contribution in [0.25, 0.3) is 0 Å². The molecule has 4 heteroatoms. The minimum absolute atomic E-state index is 0.794. The SMILES string of the molecule is CCn1ccnc1CNCc1ccccc1Br. The van der Waals surface area contributed by atoms with Crippen molar-refractivity contribution in [3.8, 4) is 0 Å². The Bertz CT molecular complexity index is 479. The fraction of sp³-hybridized carbons (Fsp3) is 0.308. The molecule has 3 nitrogen and oxygen atoms in total. The van der Waals surface area contributed by atoms with Crippen molar-refractivity contribution in [1.29, 1.82) is 0 Å². The second-order valence-corrected chi connectivity index (χ2v) is 4.68. The molecular formula is C13H16BrN3. The molecule has 0 saturated heterocycles. The summed E-state index contributed by atoms with van der Waals surface area (Å²) in [6.07, 6.45) is 3.86. The van der Waals surface area contributed by atoms with Gasteiger partial charge in [-0.05, 0) is 18.6 Å². The average Bonchev–Trinajstić information content (AvgIpc) is 2.79. The van der Waals surface area contributed by atoms with Crippen LogP contribution in [0.5, 0.6) is 0 Å². The zero-order valence-corrected chi connectivity index (χ0v) is 11.4. The molecule has 2 rings (SSSR count). The Kier molecular flexibility index (Phi) is 4.34. The van der Waals surface area contributed by atoms with Gasteiger partial charge in [-0.2, -0.15) is 0 Å². The zero-order valence-electron chi connectivity index (χ0n) is 9.86. The van der Waals surface area contributed by atoms with Gasteiger partial charge < -0.3 is 9.88 Å². The third-order valence-electron chi connectivity index (χ3n) is 2.70. The first-order valence-electron chi connectivity index (χ1n) is 5.75. The molecule has 1 aromatic heterocycles. The van der Waals surface area contributed by atoms with Gasteiger partial charge in [0.05, 0.1) is 6.54 Å². The highest BCUT2D eigenvalue weighted by atomic mass is 79.9. The van der Waals surface area contributed by atoms with Gasteiger partial charge in [-0.1, -0.05) is 34.1 Å². The summed E-state index contributed by atoms with van der Waals surface area (Å²) < 4.78 is 3.29. The molecule has 2 aromatic rings. The largest absolute Gasteiger partial charge is 0.334 e. The van der Waals surface area contributed by atoms with Crippen LogP contribution in [0.15, 0.2) is 41.1 Å². The smallest absolute Gasteiger partial charge is 0.122 e. The molecule has 0 bridgehead atoms. The Morgan fingerprint density at radius 2 is 2.12 bits per heavy atom. The van der Waals surface area contributed by atoms with E-state index in [1.807, 2.05) is 18.5 Å². The molecule has 0 aliphatic heterocycles. The molecule has 0 unspecified atom stereocenters. The van der Waals surface area contributed by atoms with E-state index in [9.17, 15) is 0 Å². The van der Waals surface area contributed by atoms with Crippen LogP contribution in [-0.2, 0) is 19.6 Å². The van der Waals surface area contributed by atoms with Crippen molar-refractivity contribution in [2.45, 2.75) is 26.6 Å². The number of nitrogens with one attached hydrogen (secondary N) is 1. The predicted octanol–water partition coefficient (Wildman–Crippen LogP) is 2.96. The Balaban J connectivity index is 1.90. The molecule has 0 atom stereocenters.